The maximum absolute atomic E-state index is 12.2. The van der Waals surface area contributed by atoms with Crippen LogP contribution in [0.2, 0.25) is 0 Å². The van der Waals surface area contributed by atoms with Gasteiger partial charge in [-0.25, -0.2) is 4.79 Å². The molecule has 1 aromatic carbocycles. The molecule has 2 N–H and O–H groups in total. The number of nitrogens with zero attached hydrogens (tertiary/aromatic N) is 1. The number of carboxylic acid groups (broad SMARTS) is 1. The van der Waals surface area contributed by atoms with Crippen LogP contribution in [0.15, 0.2) is 29.2 Å². The van der Waals surface area contributed by atoms with Crippen LogP contribution >= 0.6 is 11.8 Å². The fourth-order valence-electron chi connectivity index (χ4n) is 2.49. The van der Waals surface area contributed by atoms with Crippen LogP contribution in [-0.4, -0.2) is 41.4 Å². The van der Waals surface area contributed by atoms with Gasteiger partial charge in [0.2, 0.25) is 0 Å². The highest BCUT2D eigenvalue weighted by Gasteiger charge is 2.24. The van der Waals surface area contributed by atoms with Crippen LogP contribution in [0.5, 0.6) is 0 Å². The molecule has 0 radical (unpaired) electrons. The normalized spacial score (nSPS) is 15.8. The molecule has 0 aliphatic carbocycles. The summed E-state index contributed by atoms with van der Waals surface area (Å²) in [6, 6.07) is 7.62. The highest BCUT2D eigenvalue weighted by molar-refractivity contribution is 7.98. The molecule has 1 saturated heterocycles. The molecule has 0 unspecified atom stereocenters. The van der Waals surface area contributed by atoms with E-state index in [0.717, 1.165) is 23.4 Å². The predicted octanol–water partition coefficient (Wildman–Crippen LogP) is 3.13. The van der Waals surface area contributed by atoms with Gasteiger partial charge >= 0.3 is 12.0 Å². The van der Waals surface area contributed by atoms with Crippen molar-refractivity contribution in [2.24, 2.45) is 5.92 Å². The Morgan fingerprint density at radius 3 is 2.71 bits per heavy atom. The van der Waals surface area contributed by atoms with Gasteiger partial charge in [-0.3, -0.25) is 4.79 Å². The van der Waals surface area contributed by atoms with Gasteiger partial charge in [0, 0.05) is 30.1 Å². The van der Waals surface area contributed by atoms with E-state index >= 15 is 0 Å². The summed E-state index contributed by atoms with van der Waals surface area (Å²) < 4.78 is 0. The first-order valence-corrected chi connectivity index (χ1v) is 8.22. The fraction of sp³-hybridized carbons (Fsp3) is 0.467. The highest BCUT2D eigenvalue weighted by Crippen LogP contribution is 2.22. The molecule has 2 amide bonds. The van der Waals surface area contributed by atoms with Gasteiger partial charge in [-0.2, -0.15) is 0 Å². The lowest BCUT2D eigenvalue weighted by Gasteiger charge is -2.31. The van der Waals surface area contributed by atoms with Gasteiger partial charge in [-0.1, -0.05) is 6.07 Å². The van der Waals surface area contributed by atoms with Crippen molar-refractivity contribution in [2.75, 3.05) is 24.7 Å². The Bertz CT molecular complexity index is 513. The molecular formula is C15H20N2O3S. The van der Waals surface area contributed by atoms with Crippen molar-refractivity contribution in [3.8, 4) is 0 Å². The average molecular weight is 308 g/mol. The number of carbonyl (C=O) groups is 2. The number of hydrogen-bond donors (Lipinski definition) is 2. The number of likely N-dealkylation sites (tertiary alicyclic amines) is 1. The van der Waals surface area contributed by atoms with Crippen molar-refractivity contribution in [3.63, 3.8) is 0 Å². The number of hydrogen-bond acceptors (Lipinski definition) is 3. The molecule has 114 valence electrons. The van der Waals surface area contributed by atoms with Gasteiger partial charge in [0.05, 0.1) is 0 Å². The lowest BCUT2D eigenvalue weighted by Crippen LogP contribution is -2.41. The van der Waals surface area contributed by atoms with Gasteiger partial charge in [0.15, 0.2) is 0 Å². The Morgan fingerprint density at radius 1 is 1.38 bits per heavy atom. The fourth-order valence-corrected chi connectivity index (χ4v) is 2.95. The van der Waals surface area contributed by atoms with E-state index < -0.39 is 5.97 Å². The molecule has 21 heavy (non-hydrogen) atoms. The van der Waals surface area contributed by atoms with Crippen molar-refractivity contribution < 1.29 is 14.7 Å². The molecule has 1 heterocycles. The molecule has 0 spiro atoms. The van der Waals surface area contributed by atoms with E-state index in [9.17, 15) is 9.59 Å². The SMILES string of the molecule is CSc1cccc(NC(=O)N2CCC(CC(=O)O)CC2)c1. The number of benzene rings is 1. The number of thioether (sulfide) groups is 1. The lowest BCUT2D eigenvalue weighted by molar-refractivity contribution is -0.138. The third-order valence-corrected chi connectivity index (χ3v) is 4.41. The van der Waals surface area contributed by atoms with Crippen LogP contribution in [0.4, 0.5) is 10.5 Å². The number of aliphatic carboxylic acids is 1. The number of urea groups is 1. The Morgan fingerprint density at radius 2 is 2.10 bits per heavy atom. The van der Waals surface area contributed by atoms with Gasteiger partial charge in [0.1, 0.15) is 0 Å². The zero-order chi connectivity index (χ0) is 15.2. The largest absolute Gasteiger partial charge is 0.481 e. The van der Waals surface area contributed by atoms with E-state index in [1.54, 1.807) is 16.7 Å². The molecule has 5 nitrogen and oxygen atoms in total. The van der Waals surface area contributed by atoms with Gasteiger partial charge in [0.25, 0.3) is 0 Å². The van der Waals surface area contributed by atoms with Gasteiger partial charge in [-0.15, -0.1) is 11.8 Å². The Balaban J connectivity index is 1.85. The van der Waals surface area contributed by atoms with E-state index in [1.165, 1.54) is 0 Å². The summed E-state index contributed by atoms with van der Waals surface area (Å²) in [6.07, 6.45) is 3.70. The Kier molecular flexibility index (Phi) is 5.50. The van der Waals surface area contributed by atoms with Crippen LogP contribution in [0.25, 0.3) is 0 Å². The van der Waals surface area contributed by atoms with Crippen LogP contribution in [-0.2, 0) is 4.79 Å². The minimum absolute atomic E-state index is 0.109. The zero-order valence-corrected chi connectivity index (χ0v) is 12.9. The number of amides is 2. The maximum Gasteiger partial charge on any atom is 0.321 e. The number of anilines is 1. The molecule has 2 rings (SSSR count). The third-order valence-electron chi connectivity index (χ3n) is 3.69. The van der Waals surface area contributed by atoms with Crippen molar-refractivity contribution >= 4 is 29.4 Å². The summed E-state index contributed by atoms with van der Waals surface area (Å²) >= 11 is 1.63. The molecule has 1 aromatic rings. The number of rotatable bonds is 4. The summed E-state index contributed by atoms with van der Waals surface area (Å²) in [7, 11) is 0. The van der Waals surface area contributed by atoms with Gasteiger partial charge in [-0.05, 0) is 43.2 Å². The van der Waals surface area contributed by atoms with E-state index in [1.807, 2.05) is 30.5 Å². The second kappa shape index (κ2) is 7.36. The first-order chi connectivity index (χ1) is 10.1. The van der Waals surface area contributed by atoms with Crippen LogP contribution in [0.1, 0.15) is 19.3 Å². The minimum atomic E-state index is -0.758. The molecule has 1 aliphatic rings. The number of piperidine rings is 1. The summed E-state index contributed by atoms with van der Waals surface area (Å²) in [5, 5.41) is 11.7. The molecule has 0 bridgehead atoms. The van der Waals surface area contributed by atoms with Crippen molar-refractivity contribution in [1.82, 2.24) is 4.90 Å². The van der Waals surface area contributed by atoms with Crippen molar-refractivity contribution in [2.45, 2.75) is 24.2 Å². The van der Waals surface area contributed by atoms with E-state index in [2.05, 4.69) is 5.32 Å². The number of carbonyl (C=O) groups excluding carboxylic acids is 1. The Labute approximate surface area is 128 Å². The molecule has 0 saturated carbocycles. The lowest BCUT2D eigenvalue weighted by atomic mass is 9.94. The van der Waals surface area contributed by atoms with Crippen molar-refractivity contribution in [3.05, 3.63) is 24.3 Å². The summed E-state index contributed by atoms with van der Waals surface area (Å²) in [5.74, 6) is -0.571. The van der Waals surface area contributed by atoms with E-state index in [4.69, 9.17) is 5.11 Å². The van der Waals surface area contributed by atoms with E-state index in [-0.39, 0.29) is 18.4 Å². The molecule has 0 atom stereocenters. The maximum atomic E-state index is 12.2. The first kappa shape index (κ1) is 15.7. The number of carboxylic acids is 1. The van der Waals surface area contributed by atoms with E-state index in [0.29, 0.717) is 13.1 Å². The molecule has 1 fully saturated rings. The smallest absolute Gasteiger partial charge is 0.321 e. The zero-order valence-electron chi connectivity index (χ0n) is 12.0. The molecule has 0 aromatic heterocycles. The van der Waals surface area contributed by atoms with Crippen molar-refractivity contribution in [1.29, 1.82) is 0 Å². The summed E-state index contributed by atoms with van der Waals surface area (Å²) in [6.45, 7) is 1.23. The summed E-state index contributed by atoms with van der Waals surface area (Å²) in [5.41, 5.74) is 0.791. The number of nitrogens with one attached hydrogen (secondary N) is 1. The third kappa shape index (κ3) is 4.67. The molecule has 6 heteroatoms. The topological polar surface area (TPSA) is 69.6 Å². The summed E-state index contributed by atoms with van der Waals surface area (Å²) in [4.78, 5) is 25.7. The van der Waals surface area contributed by atoms with Crippen LogP contribution < -0.4 is 5.32 Å². The average Bonchev–Trinajstić information content (AvgIpc) is 2.47. The monoisotopic (exact) mass is 308 g/mol. The van der Waals surface area contributed by atoms with Crippen LogP contribution in [0, 0.1) is 5.92 Å². The Hall–Kier alpha value is -1.69. The van der Waals surface area contributed by atoms with Gasteiger partial charge < -0.3 is 15.3 Å². The quantitative estimate of drug-likeness (QED) is 0.838. The second-order valence-corrected chi connectivity index (χ2v) is 6.07. The predicted molar refractivity (Wildman–Crippen MR) is 83.8 cm³/mol. The minimum Gasteiger partial charge on any atom is -0.481 e. The standard InChI is InChI=1S/C15H20N2O3S/c1-21-13-4-2-3-12(10-13)16-15(20)17-7-5-11(6-8-17)9-14(18)19/h2-4,10-11H,5-9H2,1H3,(H,16,20)(H,18,19). The highest BCUT2D eigenvalue weighted by atomic mass is 32.2. The molecular weight excluding hydrogens is 288 g/mol. The first-order valence-electron chi connectivity index (χ1n) is 7.00. The molecule has 1 aliphatic heterocycles. The van der Waals surface area contributed by atoms with Crippen LogP contribution in [0.3, 0.4) is 0 Å². The second-order valence-electron chi connectivity index (χ2n) is 5.19.